The van der Waals surface area contributed by atoms with E-state index in [-0.39, 0.29) is 0 Å². The molecule has 13 heavy (non-hydrogen) atoms. The average molecular weight is 177 g/mol. The van der Waals surface area contributed by atoms with Gasteiger partial charge in [0.05, 0.1) is 13.1 Å². The molecule has 0 amide bonds. The Morgan fingerprint density at radius 1 is 1.38 bits per heavy atom. The van der Waals surface area contributed by atoms with E-state index in [1.54, 1.807) is 12.4 Å². The van der Waals surface area contributed by atoms with Crippen LogP contribution in [0.4, 0.5) is 5.82 Å². The summed E-state index contributed by atoms with van der Waals surface area (Å²) in [6.45, 7) is 4.25. The van der Waals surface area contributed by atoms with Crippen LogP contribution in [-0.4, -0.2) is 43.1 Å². The van der Waals surface area contributed by atoms with Crippen molar-refractivity contribution in [2.45, 2.75) is 0 Å². The first-order chi connectivity index (χ1) is 6.36. The van der Waals surface area contributed by atoms with E-state index in [9.17, 15) is 0 Å². The highest BCUT2D eigenvalue weighted by Crippen LogP contribution is 2.06. The maximum atomic E-state index is 4.15. The van der Waals surface area contributed by atoms with Crippen LogP contribution in [0.2, 0.25) is 0 Å². The van der Waals surface area contributed by atoms with Gasteiger partial charge in [-0.15, -0.1) is 0 Å². The molecule has 1 aliphatic rings. The minimum atomic E-state index is 0.940. The second-order valence-electron chi connectivity index (χ2n) is 3.30. The summed E-state index contributed by atoms with van der Waals surface area (Å²) in [5.41, 5.74) is 0. The minimum absolute atomic E-state index is 0.940. The third-order valence-electron chi connectivity index (χ3n) is 2.33. The second kappa shape index (κ2) is 3.58. The standard InChI is InChI=1S/C9H13N4/c1-12-4-6-13(7-5-12)9-8-10-2-3-11-9/h2,8H,4-7H2,1H3/q+1. The van der Waals surface area contributed by atoms with Gasteiger partial charge in [0.25, 0.3) is 0 Å². The highest BCUT2D eigenvalue weighted by Gasteiger charge is 2.22. The first kappa shape index (κ1) is 8.27. The SMILES string of the molecule is CN1CCN(c2cncc#[n+]2)CC1. The largest absolute Gasteiger partial charge is 0.399 e. The molecule has 0 bridgehead atoms. The van der Waals surface area contributed by atoms with E-state index < -0.39 is 0 Å². The lowest BCUT2D eigenvalue weighted by atomic mass is 10.3. The van der Waals surface area contributed by atoms with Crippen molar-refractivity contribution >= 4 is 5.82 Å². The summed E-state index contributed by atoms with van der Waals surface area (Å²) in [6, 6.07) is 0. The molecule has 1 saturated heterocycles. The molecule has 4 heteroatoms. The van der Waals surface area contributed by atoms with Crippen molar-refractivity contribution in [2.75, 3.05) is 38.1 Å². The Morgan fingerprint density at radius 3 is 2.77 bits per heavy atom. The topological polar surface area (TPSA) is 33.5 Å². The lowest BCUT2D eigenvalue weighted by molar-refractivity contribution is -0.281. The van der Waals surface area contributed by atoms with Crippen LogP contribution in [0.5, 0.6) is 0 Å². The second-order valence-corrected chi connectivity index (χ2v) is 3.30. The van der Waals surface area contributed by atoms with Gasteiger partial charge in [0.2, 0.25) is 6.20 Å². The molecule has 1 aliphatic heterocycles. The van der Waals surface area contributed by atoms with Crippen molar-refractivity contribution in [2.24, 2.45) is 0 Å². The lowest BCUT2D eigenvalue weighted by Crippen LogP contribution is -2.45. The Hall–Kier alpha value is -1.34. The van der Waals surface area contributed by atoms with E-state index in [2.05, 4.69) is 33.0 Å². The number of aromatic nitrogens is 2. The number of hydrogen-bond donors (Lipinski definition) is 0. The quantitative estimate of drug-likeness (QED) is 0.564. The van der Waals surface area contributed by atoms with Crippen LogP contribution in [-0.2, 0) is 0 Å². The summed E-state index contributed by atoms with van der Waals surface area (Å²) in [5.74, 6) is 0.940. The number of anilines is 1. The van der Waals surface area contributed by atoms with Crippen LogP contribution in [0.3, 0.4) is 0 Å². The Labute approximate surface area is 78.2 Å². The number of rotatable bonds is 1. The molecule has 1 aromatic rings. The van der Waals surface area contributed by atoms with Crippen molar-refractivity contribution in [3.8, 4) is 0 Å². The monoisotopic (exact) mass is 177 g/mol. The Bertz CT molecular complexity index is 254. The molecule has 0 aliphatic carbocycles. The Morgan fingerprint density at radius 2 is 2.15 bits per heavy atom. The molecule has 68 valence electrons. The van der Waals surface area contributed by atoms with E-state index >= 15 is 0 Å². The predicted octanol–water partition coefficient (Wildman–Crippen LogP) is -0.767. The molecule has 0 N–H and O–H groups in total. The van der Waals surface area contributed by atoms with Gasteiger partial charge < -0.3 is 0 Å². The summed E-state index contributed by atoms with van der Waals surface area (Å²) < 4.78 is 0. The first-order valence-electron chi connectivity index (χ1n) is 4.48. The van der Waals surface area contributed by atoms with E-state index in [1.165, 1.54) is 0 Å². The third-order valence-corrected chi connectivity index (χ3v) is 2.33. The molecule has 0 radical (unpaired) electrons. The molecule has 1 aromatic heterocycles. The summed E-state index contributed by atoms with van der Waals surface area (Å²) in [6.07, 6.45) is 6.13. The third kappa shape index (κ3) is 1.87. The molecule has 1 fully saturated rings. The predicted molar refractivity (Wildman–Crippen MR) is 48.4 cm³/mol. The van der Waals surface area contributed by atoms with Gasteiger partial charge >= 0.3 is 5.82 Å². The number of nitrogens with zero attached hydrogens (tertiary/aromatic N) is 4. The maximum absolute atomic E-state index is 4.15. The number of likely N-dealkylation sites (N-methyl/N-ethyl adjacent to an activating group) is 1. The van der Waals surface area contributed by atoms with E-state index in [1.807, 2.05) is 0 Å². The Balaban J connectivity index is 2.03. The zero-order valence-electron chi connectivity index (χ0n) is 7.77. The van der Waals surface area contributed by atoms with Gasteiger partial charge in [0, 0.05) is 13.1 Å². The zero-order valence-corrected chi connectivity index (χ0v) is 7.77. The maximum Gasteiger partial charge on any atom is 0.399 e. The molecular formula is C9H13N4+. The van der Waals surface area contributed by atoms with E-state index in [0.717, 1.165) is 32.0 Å². The fourth-order valence-electron chi connectivity index (χ4n) is 1.45. The van der Waals surface area contributed by atoms with Crippen molar-refractivity contribution in [3.05, 3.63) is 18.6 Å². The average Bonchev–Trinajstić information content (AvgIpc) is 2.20. The van der Waals surface area contributed by atoms with Gasteiger partial charge in [0.1, 0.15) is 12.4 Å². The highest BCUT2D eigenvalue weighted by molar-refractivity contribution is 5.29. The molecule has 0 atom stereocenters. The lowest BCUT2D eigenvalue weighted by Gasteiger charge is -2.26. The molecule has 4 nitrogen and oxygen atoms in total. The van der Waals surface area contributed by atoms with Gasteiger partial charge in [-0.1, -0.05) is 0 Å². The summed E-state index contributed by atoms with van der Waals surface area (Å²) in [5, 5.41) is 0. The molecular weight excluding hydrogens is 164 g/mol. The van der Waals surface area contributed by atoms with Crippen molar-refractivity contribution in [1.29, 1.82) is 0 Å². The summed E-state index contributed by atoms with van der Waals surface area (Å²) in [4.78, 5) is 12.7. The Kier molecular flexibility index (Phi) is 2.28. The van der Waals surface area contributed by atoms with Gasteiger partial charge in [0.15, 0.2) is 0 Å². The number of piperazine rings is 1. The summed E-state index contributed by atoms with van der Waals surface area (Å²) in [7, 11) is 2.14. The van der Waals surface area contributed by atoms with Gasteiger partial charge in [-0.05, 0) is 7.05 Å². The molecule has 0 spiro atoms. The van der Waals surface area contributed by atoms with Crippen LogP contribution >= 0.6 is 0 Å². The van der Waals surface area contributed by atoms with Gasteiger partial charge in [-0.3, -0.25) is 4.90 Å². The normalized spacial score (nSPS) is 18.4. The molecule has 0 unspecified atom stereocenters. The fourth-order valence-corrected chi connectivity index (χ4v) is 1.45. The van der Waals surface area contributed by atoms with Crippen molar-refractivity contribution < 1.29 is 4.98 Å². The zero-order chi connectivity index (χ0) is 9.10. The van der Waals surface area contributed by atoms with Crippen LogP contribution < -0.4 is 9.88 Å². The number of hydrogen-bond acceptors (Lipinski definition) is 3. The minimum Gasteiger partial charge on any atom is -0.299 e. The highest BCUT2D eigenvalue weighted by atomic mass is 15.3. The van der Waals surface area contributed by atoms with Gasteiger partial charge in [-0.25, -0.2) is 9.88 Å². The van der Waals surface area contributed by atoms with E-state index in [0.29, 0.717) is 0 Å². The van der Waals surface area contributed by atoms with Crippen molar-refractivity contribution in [3.63, 3.8) is 0 Å². The van der Waals surface area contributed by atoms with Crippen LogP contribution in [0.1, 0.15) is 0 Å². The molecule has 2 rings (SSSR count). The smallest absolute Gasteiger partial charge is 0.299 e. The van der Waals surface area contributed by atoms with E-state index in [4.69, 9.17) is 0 Å². The molecule has 0 saturated carbocycles. The van der Waals surface area contributed by atoms with Crippen molar-refractivity contribution in [1.82, 2.24) is 9.88 Å². The van der Waals surface area contributed by atoms with Crippen LogP contribution in [0, 0.1) is 6.20 Å². The molecule has 0 aromatic carbocycles. The molecule has 2 heterocycles. The first-order valence-corrected chi connectivity index (χ1v) is 4.48. The van der Waals surface area contributed by atoms with Crippen LogP contribution in [0.15, 0.2) is 12.4 Å². The fraction of sp³-hybridized carbons (Fsp3) is 0.556. The summed E-state index contributed by atoms with van der Waals surface area (Å²) >= 11 is 0. The van der Waals surface area contributed by atoms with Gasteiger partial charge in [-0.2, -0.15) is 4.98 Å². The van der Waals surface area contributed by atoms with Crippen LogP contribution in [0.25, 0.3) is 0 Å².